The van der Waals surface area contributed by atoms with E-state index in [0.717, 1.165) is 24.5 Å². The number of anilines is 2. The standard InChI is InChI=1S/C15H21ClN4OS/c1-10(2)14(21)20-7-5-19(6-8-20)13-4-3-11(16)9-12(13)18-15(17)22/h3-4,9-10H,5-8H2,1-2H3,(H3,17,18,22). The van der Waals surface area contributed by atoms with Crippen LogP contribution in [0, 0.1) is 5.92 Å². The molecule has 0 aliphatic carbocycles. The van der Waals surface area contributed by atoms with Gasteiger partial charge in [-0.1, -0.05) is 25.4 Å². The molecular weight excluding hydrogens is 320 g/mol. The van der Waals surface area contributed by atoms with Gasteiger partial charge in [0.2, 0.25) is 5.91 Å². The van der Waals surface area contributed by atoms with Crippen molar-refractivity contribution >= 4 is 46.2 Å². The fraction of sp³-hybridized carbons (Fsp3) is 0.467. The molecule has 1 aromatic carbocycles. The molecular formula is C15H21ClN4OS. The summed E-state index contributed by atoms with van der Waals surface area (Å²) in [6.45, 7) is 6.83. The first kappa shape index (κ1) is 16.8. The minimum atomic E-state index is 0.0360. The zero-order valence-corrected chi connectivity index (χ0v) is 14.4. The lowest BCUT2D eigenvalue weighted by Gasteiger charge is -2.37. The second-order valence-corrected chi connectivity index (χ2v) is 6.49. The van der Waals surface area contributed by atoms with Gasteiger partial charge >= 0.3 is 0 Å². The van der Waals surface area contributed by atoms with E-state index in [0.29, 0.717) is 18.1 Å². The number of nitrogens with one attached hydrogen (secondary N) is 1. The summed E-state index contributed by atoms with van der Waals surface area (Å²) in [5.41, 5.74) is 7.36. The normalized spacial score (nSPS) is 15.1. The Balaban J connectivity index is 2.11. The third-order valence-corrected chi connectivity index (χ3v) is 3.98. The Hall–Kier alpha value is -1.53. The average Bonchev–Trinajstić information content (AvgIpc) is 2.46. The maximum absolute atomic E-state index is 12.0. The number of thiocarbonyl (C=S) groups is 1. The average molecular weight is 341 g/mol. The van der Waals surface area contributed by atoms with Gasteiger partial charge in [-0.25, -0.2) is 0 Å². The van der Waals surface area contributed by atoms with Crippen LogP contribution in [0.4, 0.5) is 11.4 Å². The summed E-state index contributed by atoms with van der Waals surface area (Å²) in [7, 11) is 0. The number of piperazine rings is 1. The zero-order chi connectivity index (χ0) is 16.3. The molecule has 120 valence electrons. The Morgan fingerprint density at radius 1 is 1.32 bits per heavy atom. The van der Waals surface area contributed by atoms with Crippen LogP contribution < -0.4 is 16.0 Å². The van der Waals surface area contributed by atoms with E-state index in [1.807, 2.05) is 36.9 Å². The third kappa shape index (κ3) is 4.01. The molecule has 0 saturated carbocycles. The van der Waals surface area contributed by atoms with Crippen molar-refractivity contribution in [3.63, 3.8) is 0 Å². The van der Waals surface area contributed by atoms with Gasteiger partial charge < -0.3 is 20.9 Å². The molecule has 0 spiro atoms. The lowest BCUT2D eigenvalue weighted by atomic mass is 10.1. The van der Waals surface area contributed by atoms with Gasteiger partial charge in [0.1, 0.15) is 0 Å². The SMILES string of the molecule is CC(C)C(=O)N1CCN(c2ccc(Cl)cc2NC(N)=S)CC1. The third-order valence-electron chi connectivity index (χ3n) is 3.64. The van der Waals surface area contributed by atoms with Crippen LogP contribution in [0.2, 0.25) is 5.02 Å². The molecule has 0 unspecified atom stereocenters. The second-order valence-electron chi connectivity index (χ2n) is 5.62. The number of rotatable bonds is 3. The van der Waals surface area contributed by atoms with Crippen LogP contribution in [0.3, 0.4) is 0 Å². The van der Waals surface area contributed by atoms with Gasteiger partial charge in [-0.05, 0) is 30.4 Å². The molecule has 0 aromatic heterocycles. The number of amides is 1. The van der Waals surface area contributed by atoms with Crippen LogP contribution in [0.1, 0.15) is 13.8 Å². The fourth-order valence-electron chi connectivity index (χ4n) is 2.55. The first-order chi connectivity index (χ1) is 10.4. The van der Waals surface area contributed by atoms with E-state index in [2.05, 4.69) is 10.2 Å². The van der Waals surface area contributed by atoms with Gasteiger partial charge in [-0.2, -0.15) is 0 Å². The summed E-state index contributed by atoms with van der Waals surface area (Å²) >= 11 is 11.0. The van der Waals surface area contributed by atoms with E-state index in [4.69, 9.17) is 29.6 Å². The van der Waals surface area contributed by atoms with E-state index < -0.39 is 0 Å². The first-order valence-electron chi connectivity index (χ1n) is 7.28. The predicted octanol–water partition coefficient (Wildman–Crippen LogP) is 2.30. The topological polar surface area (TPSA) is 61.6 Å². The molecule has 22 heavy (non-hydrogen) atoms. The molecule has 5 nitrogen and oxygen atoms in total. The number of hydrogen-bond donors (Lipinski definition) is 2. The second kappa shape index (κ2) is 7.15. The summed E-state index contributed by atoms with van der Waals surface area (Å²) in [5.74, 6) is 0.242. The summed E-state index contributed by atoms with van der Waals surface area (Å²) in [6.07, 6.45) is 0. The highest BCUT2D eigenvalue weighted by molar-refractivity contribution is 7.80. The molecule has 1 aliphatic heterocycles. The number of hydrogen-bond acceptors (Lipinski definition) is 3. The minimum Gasteiger partial charge on any atom is -0.376 e. The molecule has 1 aromatic rings. The molecule has 0 atom stereocenters. The highest BCUT2D eigenvalue weighted by Gasteiger charge is 2.24. The van der Waals surface area contributed by atoms with Crippen LogP contribution in [0.5, 0.6) is 0 Å². The van der Waals surface area contributed by atoms with Crippen LogP contribution in [0.15, 0.2) is 18.2 Å². The Morgan fingerprint density at radius 2 is 1.95 bits per heavy atom. The summed E-state index contributed by atoms with van der Waals surface area (Å²) in [4.78, 5) is 16.2. The Bertz CT molecular complexity index is 571. The molecule has 1 aliphatic rings. The molecule has 1 fully saturated rings. The van der Waals surface area contributed by atoms with Gasteiger partial charge in [0.25, 0.3) is 0 Å². The van der Waals surface area contributed by atoms with Crippen LogP contribution in [-0.4, -0.2) is 42.1 Å². The first-order valence-corrected chi connectivity index (χ1v) is 8.07. The zero-order valence-electron chi connectivity index (χ0n) is 12.8. The highest BCUT2D eigenvalue weighted by atomic mass is 35.5. The van der Waals surface area contributed by atoms with E-state index in [1.165, 1.54) is 0 Å². The van der Waals surface area contributed by atoms with E-state index in [9.17, 15) is 4.79 Å². The number of nitrogens with zero attached hydrogens (tertiary/aromatic N) is 2. The van der Waals surface area contributed by atoms with Crippen molar-refractivity contribution in [1.29, 1.82) is 0 Å². The van der Waals surface area contributed by atoms with Crippen LogP contribution >= 0.6 is 23.8 Å². The van der Waals surface area contributed by atoms with Gasteiger partial charge in [0.05, 0.1) is 11.4 Å². The van der Waals surface area contributed by atoms with Crippen molar-refractivity contribution in [2.45, 2.75) is 13.8 Å². The molecule has 2 rings (SSSR count). The summed E-state index contributed by atoms with van der Waals surface area (Å²) < 4.78 is 0. The summed E-state index contributed by atoms with van der Waals surface area (Å²) in [6, 6.07) is 5.60. The number of carbonyl (C=O) groups excluding carboxylic acids is 1. The minimum absolute atomic E-state index is 0.0360. The Kier molecular flexibility index (Phi) is 5.47. The van der Waals surface area contributed by atoms with Gasteiger partial charge in [-0.3, -0.25) is 4.79 Å². The van der Waals surface area contributed by atoms with E-state index in [1.54, 1.807) is 0 Å². The molecule has 1 saturated heterocycles. The van der Waals surface area contributed by atoms with Crippen molar-refractivity contribution in [2.75, 3.05) is 36.4 Å². The van der Waals surface area contributed by atoms with Crippen LogP contribution in [0.25, 0.3) is 0 Å². The molecule has 1 heterocycles. The molecule has 1 amide bonds. The lowest BCUT2D eigenvalue weighted by molar-refractivity contribution is -0.134. The Labute approximate surface area is 141 Å². The molecule has 0 radical (unpaired) electrons. The maximum Gasteiger partial charge on any atom is 0.225 e. The Morgan fingerprint density at radius 3 is 2.50 bits per heavy atom. The predicted molar refractivity (Wildman–Crippen MR) is 95.5 cm³/mol. The number of nitrogens with two attached hydrogens (primary N) is 1. The van der Waals surface area contributed by atoms with Gasteiger partial charge in [0, 0.05) is 37.1 Å². The molecule has 7 heteroatoms. The molecule has 0 bridgehead atoms. The van der Waals surface area contributed by atoms with Gasteiger partial charge in [0.15, 0.2) is 5.11 Å². The van der Waals surface area contributed by atoms with Crippen molar-refractivity contribution < 1.29 is 4.79 Å². The number of halogens is 1. The summed E-state index contributed by atoms with van der Waals surface area (Å²) in [5, 5.41) is 3.79. The highest BCUT2D eigenvalue weighted by Crippen LogP contribution is 2.30. The van der Waals surface area contributed by atoms with E-state index in [-0.39, 0.29) is 16.9 Å². The smallest absolute Gasteiger partial charge is 0.225 e. The van der Waals surface area contributed by atoms with Crippen molar-refractivity contribution in [2.24, 2.45) is 11.7 Å². The number of benzene rings is 1. The lowest BCUT2D eigenvalue weighted by Crippen LogP contribution is -2.50. The van der Waals surface area contributed by atoms with Gasteiger partial charge in [-0.15, -0.1) is 0 Å². The quantitative estimate of drug-likeness (QED) is 0.827. The largest absolute Gasteiger partial charge is 0.376 e. The van der Waals surface area contributed by atoms with Crippen molar-refractivity contribution in [3.8, 4) is 0 Å². The molecule has 3 N–H and O–H groups in total. The fourth-order valence-corrected chi connectivity index (χ4v) is 2.83. The van der Waals surface area contributed by atoms with E-state index >= 15 is 0 Å². The van der Waals surface area contributed by atoms with Crippen LogP contribution in [-0.2, 0) is 4.79 Å². The monoisotopic (exact) mass is 340 g/mol. The van der Waals surface area contributed by atoms with Crippen molar-refractivity contribution in [3.05, 3.63) is 23.2 Å². The maximum atomic E-state index is 12.0. The number of carbonyl (C=O) groups is 1. The van der Waals surface area contributed by atoms with Crippen molar-refractivity contribution in [1.82, 2.24) is 4.90 Å².